The molecule has 0 spiro atoms. The Morgan fingerprint density at radius 3 is 2.31 bits per heavy atom. The van der Waals surface area contributed by atoms with Gasteiger partial charge in [-0.25, -0.2) is 4.79 Å². The number of para-hydroxylation sites is 1. The van der Waals surface area contributed by atoms with Gasteiger partial charge in [-0.3, -0.25) is 14.9 Å². The first kappa shape index (κ1) is 23.5. The van der Waals surface area contributed by atoms with Crippen LogP contribution in [0.1, 0.15) is 21.5 Å². The monoisotopic (exact) mass is 475 g/mol. The van der Waals surface area contributed by atoms with Crippen LogP contribution >= 0.6 is 0 Å². The minimum absolute atomic E-state index is 0.0290. The second-order valence-corrected chi connectivity index (χ2v) is 7.76. The second kappa shape index (κ2) is 9.30. The minimum atomic E-state index is -1.06. The molecule has 0 aliphatic rings. The van der Waals surface area contributed by atoms with E-state index in [9.17, 15) is 19.7 Å². The summed E-state index contributed by atoms with van der Waals surface area (Å²) in [5.41, 5.74) is 1.10. The van der Waals surface area contributed by atoms with E-state index in [1.165, 1.54) is 38.5 Å². The van der Waals surface area contributed by atoms with Gasteiger partial charge in [-0.15, -0.1) is 0 Å². The van der Waals surface area contributed by atoms with Crippen LogP contribution in [0, 0.1) is 24.0 Å². The van der Waals surface area contributed by atoms with E-state index in [1.807, 2.05) is 13.8 Å². The molecule has 9 heteroatoms. The van der Waals surface area contributed by atoms with E-state index >= 15 is 0 Å². The molecule has 0 aliphatic carbocycles. The number of ether oxygens (including phenoxy) is 3. The molecule has 0 amide bonds. The Bertz CT molecular complexity index is 1540. The summed E-state index contributed by atoms with van der Waals surface area (Å²) in [4.78, 5) is 37.2. The van der Waals surface area contributed by atoms with Crippen LogP contribution in [0.5, 0.6) is 17.2 Å². The molecule has 1 heterocycles. The number of hydrogen-bond acceptors (Lipinski definition) is 8. The Balaban J connectivity index is 1.96. The maximum absolute atomic E-state index is 13.5. The zero-order valence-corrected chi connectivity index (χ0v) is 19.4. The molecule has 0 saturated heterocycles. The fourth-order valence-electron chi connectivity index (χ4n) is 3.65. The minimum Gasteiger partial charge on any atom is -0.493 e. The summed E-state index contributed by atoms with van der Waals surface area (Å²) < 4.78 is 22.2. The van der Waals surface area contributed by atoms with E-state index in [2.05, 4.69) is 0 Å². The Labute approximate surface area is 199 Å². The van der Waals surface area contributed by atoms with Gasteiger partial charge in [0.05, 0.1) is 24.5 Å². The third-order valence-electron chi connectivity index (χ3n) is 5.63. The largest absolute Gasteiger partial charge is 0.493 e. The lowest BCUT2D eigenvalue weighted by atomic mass is 10.0. The van der Waals surface area contributed by atoms with Gasteiger partial charge in [-0.05, 0) is 61.4 Å². The average Bonchev–Trinajstić information content (AvgIpc) is 2.86. The Morgan fingerprint density at radius 1 is 0.943 bits per heavy atom. The third kappa shape index (κ3) is 4.31. The zero-order valence-electron chi connectivity index (χ0n) is 19.4. The van der Waals surface area contributed by atoms with Gasteiger partial charge < -0.3 is 18.6 Å². The number of esters is 1. The quantitative estimate of drug-likeness (QED) is 0.212. The van der Waals surface area contributed by atoms with Gasteiger partial charge in [0.2, 0.25) is 11.2 Å². The van der Waals surface area contributed by atoms with E-state index < -0.39 is 27.8 Å². The highest BCUT2D eigenvalue weighted by molar-refractivity contribution is 5.96. The average molecular weight is 475 g/mol. The molecule has 0 atom stereocenters. The van der Waals surface area contributed by atoms with Crippen LogP contribution in [0.25, 0.3) is 22.3 Å². The number of carbonyl (C=O) groups excluding carboxylic acids is 1. The van der Waals surface area contributed by atoms with Crippen LogP contribution < -0.4 is 19.6 Å². The molecule has 0 N–H and O–H groups in total. The van der Waals surface area contributed by atoms with Crippen LogP contribution in [0.3, 0.4) is 0 Å². The Kier molecular flexibility index (Phi) is 6.24. The number of nitrogens with zero attached hydrogens (tertiary/aromatic N) is 1. The number of fused-ring (bicyclic) bond motifs is 1. The van der Waals surface area contributed by atoms with Gasteiger partial charge in [0, 0.05) is 11.6 Å². The van der Waals surface area contributed by atoms with Crippen molar-refractivity contribution in [3.05, 3.63) is 91.6 Å². The normalized spacial score (nSPS) is 10.7. The van der Waals surface area contributed by atoms with Crippen LogP contribution in [0.15, 0.2) is 63.8 Å². The SMILES string of the molecule is COc1ccc(-c2oc3cc(C)c(C)cc3c(=O)c2OC(=O)c2ccccc2[N+](=O)[O-])cc1OC. The summed E-state index contributed by atoms with van der Waals surface area (Å²) in [5.74, 6) is -0.669. The smallest absolute Gasteiger partial charge is 0.350 e. The van der Waals surface area contributed by atoms with Crippen LogP contribution in [0.4, 0.5) is 5.69 Å². The standard InChI is InChI=1S/C26H21NO8/c1-14-11-18-21(12-15(14)2)34-24(16-9-10-20(32-3)22(13-16)33-4)25(23(18)28)35-26(29)17-7-5-6-8-19(17)27(30)31/h5-13H,1-4H3. The maximum Gasteiger partial charge on any atom is 0.350 e. The lowest BCUT2D eigenvalue weighted by Crippen LogP contribution is -2.17. The lowest BCUT2D eigenvalue weighted by Gasteiger charge is -2.13. The molecule has 35 heavy (non-hydrogen) atoms. The number of benzene rings is 3. The summed E-state index contributed by atoms with van der Waals surface area (Å²) in [6.45, 7) is 3.72. The molecule has 0 unspecified atom stereocenters. The summed E-state index contributed by atoms with van der Waals surface area (Å²) in [5, 5.41) is 11.6. The molecule has 0 bridgehead atoms. The summed E-state index contributed by atoms with van der Waals surface area (Å²) in [6.07, 6.45) is 0. The van der Waals surface area contributed by atoms with Crippen molar-refractivity contribution >= 4 is 22.6 Å². The van der Waals surface area contributed by atoms with Crippen LogP contribution in [0.2, 0.25) is 0 Å². The van der Waals surface area contributed by atoms with Crippen molar-refractivity contribution in [2.24, 2.45) is 0 Å². The van der Waals surface area contributed by atoms with Gasteiger partial charge in [-0.2, -0.15) is 0 Å². The van der Waals surface area contributed by atoms with E-state index in [4.69, 9.17) is 18.6 Å². The van der Waals surface area contributed by atoms with E-state index in [0.717, 1.165) is 11.1 Å². The highest BCUT2D eigenvalue weighted by Gasteiger charge is 2.26. The first-order valence-corrected chi connectivity index (χ1v) is 10.5. The lowest BCUT2D eigenvalue weighted by molar-refractivity contribution is -0.385. The van der Waals surface area contributed by atoms with Gasteiger partial charge in [0.25, 0.3) is 5.69 Å². The van der Waals surface area contributed by atoms with E-state index in [0.29, 0.717) is 22.6 Å². The molecule has 0 aliphatic heterocycles. The van der Waals surface area contributed by atoms with Crippen molar-refractivity contribution < 1.29 is 28.3 Å². The van der Waals surface area contributed by atoms with Crippen molar-refractivity contribution in [2.75, 3.05) is 14.2 Å². The fraction of sp³-hybridized carbons (Fsp3) is 0.154. The molecule has 0 saturated carbocycles. The third-order valence-corrected chi connectivity index (χ3v) is 5.63. The maximum atomic E-state index is 13.5. The number of rotatable bonds is 6. The van der Waals surface area contributed by atoms with Gasteiger partial charge in [0.15, 0.2) is 17.3 Å². The van der Waals surface area contributed by atoms with Crippen molar-refractivity contribution in [3.8, 4) is 28.6 Å². The fourth-order valence-corrected chi connectivity index (χ4v) is 3.65. The first-order chi connectivity index (χ1) is 16.7. The molecular weight excluding hydrogens is 454 g/mol. The molecule has 4 aromatic rings. The Morgan fingerprint density at radius 2 is 1.63 bits per heavy atom. The summed E-state index contributed by atoms with van der Waals surface area (Å²) in [7, 11) is 2.94. The number of carbonyl (C=O) groups is 1. The molecule has 0 radical (unpaired) electrons. The van der Waals surface area contributed by atoms with Crippen molar-refractivity contribution in [1.29, 1.82) is 0 Å². The Hall–Kier alpha value is -4.66. The predicted molar refractivity (Wildman–Crippen MR) is 129 cm³/mol. The summed E-state index contributed by atoms with van der Waals surface area (Å²) >= 11 is 0. The van der Waals surface area contributed by atoms with E-state index in [-0.39, 0.29) is 16.7 Å². The highest BCUT2D eigenvalue weighted by atomic mass is 16.6. The second-order valence-electron chi connectivity index (χ2n) is 7.76. The molecular formula is C26H21NO8. The van der Waals surface area contributed by atoms with Gasteiger partial charge in [-0.1, -0.05) is 12.1 Å². The first-order valence-electron chi connectivity index (χ1n) is 10.5. The molecule has 1 aromatic heterocycles. The predicted octanol–water partition coefficient (Wildman–Crippen LogP) is 5.22. The number of hydrogen-bond donors (Lipinski definition) is 0. The van der Waals surface area contributed by atoms with E-state index in [1.54, 1.807) is 30.3 Å². The number of methoxy groups -OCH3 is 2. The number of nitro groups is 1. The topological polar surface area (TPSA) is 118 Å². The number of aryl methyl sites for hydroxylation is 2. The van der Waals surface area contributed by atoms with Crippen molar-refractivity contribution in [3.63, 3.8) is 0 Å². The molecule has 9 nitrogen and oxygen atoms in total. The highest BCUT2D eigenvalue weighted by Crippen LogP contribution is 2.37. The number of nitro benzene ring substituents is 1. The summed E-state index contributed by atoms with van der Waals surface area (Å²) in [6, 6.07) is 13.5. The molecule has 0 fully saturated rings. The molecule has 4 rings (SSSR count). The van der Waals surface area contributed by atoms with Crippen LogP contribution in [-0.4, -0.2) is 25.1 Å². The molecule has 178 valence electrons. The van der Waals surface area contributed by atoms with Crippen LogP contribution in [-0.2, 0) is 0 Å². The van der Waals surface area contributed by atoms with Gasteiger partial charge >= 0.3 is 5.97 Å². The molecule has 3 aromatic carbocycles. The van der Waals surface area contributed by atoms with Gasteiger partial charge in [0.1, 0.15) is 11.1 Å². The van der Waals surface area contributed by atoms with Crippen molar-refractivity contribution in [1.82, 2.24) is 0 Å². The zero-order chi connectivity index (χ0) is 25.3. The van der Waals surface area contributed by atoms with Crippen molar-refractivity contribution in [2.45, 2.75) is 13.8 Å².